The Morgan fingerprint density at radius 1 is 1.32 bits per heavy atom. The number of carbonyl (C=O) groups is 2. The smallest absolute Gasteiger partial charge is 0.305 e. The lowest BCUT2D eigenvalue weighted by atomic mass is 10.1. The summed E-state index contributed by atoms with van der Waals surface area (Å²) in [6, 6.07) is 8.39. The molecule has 2 aromatic heterocycles. The first-order valence-corrected chi connectivity index (χ1v) is 7.51. The van der Waals surface area contributed by atoms with Gasteiger partial charge in [-0.3, -0.25) is 14.7 Å². The maximum Gasteiger partial charge on any atom is 0.305 e. The van der Waals surface area contributed by atoms with Crippen LogP contribution in [0.5, 0.6) is 0 Å². The Labute approximate surface area is 129 Å². The number of rotatable bonds is 5. The number of nitrogens with zero attached hydrogens (tertiary/aromatic N) is 1. The van der Waals surface area contributed by atoms with Crippen LogP contribution in [-0.4, -0.2) is 27.2 Å². The van der Waals surface area contributed by atoms with Gasteiger partial charge in [0.1, 0.15) is 0 Å². The number of aliphatic carboxylic acids is 1. The number of hydrogen-bond acceptors (Lipinski definition) is 4. The number of benzene rings is 1. The van der Waals surface area contributed by atoms with E-state index < -0.39 is 12.0 Å². The Kier molecular flexibility index (Phi) is 3.88. The van der Waals surface area contributed by atoms with E-state index in [9.17, 15) is 9.59 Å². The minimum absolute atomic E-state index is 0.162. The van der Waals surface area contributed by atoms with E-state index in [1.807, 2.05) is 23.6 Å². The number of para-hydroxylation sites is 1. The van der Waals surface area contributed by atoms with Gasteiger partial charge < -0.3 is 10.4 Å². The molecule has 0 aliphatic rings. The molecule has 1 atom stereocenters. The molecule has 3 N–H and O–H groups in total. The highest BCUT2D eigenvalue weighted by Gasteiger charge is 2.21. The molecule has 0 radical (unpaired) electrons. The second-order valence-corrected chi connectivity index (χ2v) is 5.76. The zero-order valence-electron chi connectivity index (χ0n) is 11.4. The monoisotopic (exact) mass is 315 g/mol. The van der Waals surface area contributed by atoms with Crippen LogP contribution >= 0.6 is 11.3 Å². The standard InChI is InChI=1S/C15H13N3O3S/c19-13(20)7-11(12-5-2-6-22-12)17-15(21)10-4-1-3-9-8-16-18-14(9)10/h1-6,8,11H,7H2,(H,16,18)(H,17,21)(H,19,20)/t11-/m0/s1. The van der Waals surface area contributed by atoms with Crippen molar-refractivity contribution in [2.75, 3.05) is 0 Å². The average molecular weight is 315 g/mol. The molecule has 7 heteroatoms. The van der Waals surface area contributed by atoms with Crippen molar-refractivity contribution in [1.82, 2.24) is 15.5 Å². The molecule has 0 saturated carbocycles. The molecule has 0 unspecified atom stereocenters. The number of H-pyrrole nitrogens is 1. The summed E-state index contributed by atoms with van der Waals surface area (Å²) in [5.41, 5.74) is 1.09. The number of carbonyl (C=O) groups excluding carboxylic acids is 1. The first kappa shape index (κ1) is 14.3. The van der Waals surface area contributed by atoms with Gasteiger partial charge in [-0.15, -0.1) is 11.3 Å². The summed E-state index contributed by atoms with van der Waals surface area (Å²) < 4.78 is 0. The van der Waals surface area contributed by atoms with E-state index in [2.05, 4.69) is 15.5 Å². The van der Waals surface area contributed by atoms with Crippen LogP contribution in [0.4, 0.5) is 0 Å². The fourth-order valence-corrected chi connectivity index (χ4v) is 3.06. The molecule has 3 rings (SSSR count). The van der Waals surface area contributed by atoms with E-state index in [0.717, 1.165) is 10.3 Å². The molecular formula is C15H13N3O3S. The van der Waals surface area contributed by atoms with Crippen LogP contribution in [0.3, 0.4) is 0 Å². The number of aromatic nitrogens is 2. The third-order valence-electron chi connectivity index (χ3n) is 3.29. The number of fused-ring (bicyclic) bond motifs is 1. The first-order chi connectivity index (χ1) is 10.6. The molecule has 0 spiro atoms. The van der Waals surface area contributed by atoms with Gasteiger partial charge in [0.25, 0.3) is 5.91 Å². The van der Waals surface area contributed by atoms with Crippen molar-refractivity contribution < 1.29 is 14.7 Å². The lowest BCUT2D eigenvalue weighted by Gasteiger charge is -2.15. The number of carboxylic acids is 1. The quantitative estimate of drug-likeness (QED) is 0.674. The lowest BCUT2D eigenvalue weighted by Crippen LogP contribution is -2.29. The van der Waals surface area contributed by atoms with Gasteiger partial charge in [-0.25, -0.2) is 0 Å². The van der Waals surface area contributed by atoms with E-state index in [4.69, 9.17) is 5.11 Å². The molecule has 1 aromatic carbocycles. The van der Waals surface area contributed by atoms with Crippen molar-refractivity contribution in [1.29, 1.82) is 0 Å². The molecule has 2 heterocycles. The fourth-order valence-electron chi connectivity index (χ4n) is 2.28. The molecule has 112 valence electrons. The Bertz CT molecular complexity index is 810. The SMILES string of the molecule is O=C(O)C[C@H](NC(=O)c1cccc2cn[nH]c12)c1cccs1. The van der Waals surface area contributed by atoms with Crippen LogP contribution in [0.1, 0.15) is 27.7 Å². The predicted octanol–water partition coefficient (Wildman–Crippen LogP) is 2.57. The Balaban J connectivity index is 1.88. The van der Waals surface area contributed by atoms with Gasteiger partial charge in [0.15, 0.2) is 0 Å². The van der Waals surface area contributed by atoms with Crippen LogP contribution in [0.25, 0.3) is 10.9 Å². The summed E-state index contributed by atoms with van der Waals surface area (Å²) >= 11 is 1.42. The van der Waals surface area contributed by atoms with Crippen LogP contribution in [0, 0.1) is 0 Å². The summed E-state index contributed by atoms with van der Waals surface area (Å²) in [4.78, 5) is 24.3. The Morgan fingerprint density at radius 3 is 2.91 bits per heavy atom. The highest BCUT2D eigenvalue weighted by Crippen LogP contribution is 2.23. The summed E-state index contributed by atoms with van der Waals surface area (Å²) in [6.07, 6.45) is 1.48. The molecule has 0 fully saturated rings. The Morgan fingerprint density at radius 2 is 2.18 bits per heavy atom. The van der Waals surface area contributed by atoms with Crippen LogP contribution in [0.15, 0.2) is 41.9 Å². The van der Waals surface area contributed by atoms with E-state index in [1.54, 1.807) is 18.3 Å². The molecule has 3 aromatic rings. The van der Waals surface area contributed by atoms with Gasteiger partial charge in [-0.1, -0.05) is 18.2 Å². The average Bonchev–Trinajstić information content (AvgIpc) is 3.16. The molecule has 0 aliphatic carbocycles. The molecule has 6 nitrogen and oxygen atoms in total. The maximum atomic E-state index is 12.5. The van der Waals surface area contributed by atoms with Crippen molar-refractivity contribution in [3.63, 3.8) is 0 Å². The van der Waals surface area contributed by atoms with E-state index in [0.29, 0.717) is 11.1 Å². The largest absolute Gasteiger partial charge is 0.481 e. The molecule has 0 aliphatic heterocycles. The number of amides is 1. The number of thiophene rings is 1. The zero-order chi connectivity index (χ0) is 15.5. The summed E-state index contributed by atoms with van der Waals surface area (Å²) in [5.74, 6) is -1.28. The minimum Gasteiger partial charge on any atom is -0.481 e. The van der Waals surface area contributed by atoms with Gasteiger partial charge in [0, 0.05) is 10.3 Å². The maximum absolute atomic E-state index is 12.5. The minimum atomic E-state index is -0.960. The number of aromatic amines is 1. The third-order valence-corrected chi connectivity index (χ3v) is 4.28. The predicted molar refractivity (Wildman–Crippen MR) is 82.9 cm³/mol. The normalized spacial score (nSPS) is 12.2. The van der Waals surface area contributed by atoms with E-state index in [1.165, 1.54) is 11.3 Å². The van der Waals surface area contributed by atoms with E-state index >= 15 is 0 Å². The van der Waals surface area contributed by atoms with Gasteiger partial charge in [0.05, 0.1) is 29.7 Å². The van der Waals surface area contributed by atoms with Crippen molar-refractivity contribution in [3.8, 4) is 0 Å². The van der Waals surface area contributed by atoms with Crippen LogP contribution in [-0.2, 0) is 4.79 Å². The van der Waals surface area contributed by atoms with Crippen molar-refractivity contribution in [2.24, 2.45) is 0 Å². The number of carboxylic acid groups (broad SMARTS) is 1. The van der Waals surface area contributed by atoms with Gasteiger partial charge in [0.2, 0.25) is 0 Å². The van der Waals surface area contributed by atoms with Crippen molar-refractivity contribution in [3.05, 3.63) is 52.3 Å². The molecule has 0 bridgehead atoms. The first-order valence-electron chi connectivity index (χ1n) is 6.63. The number of nitrogens with one attached hydrogen (secondary N) is 2. The Hall–Kier alpha value is -2.67. The van der Waals surface area contributed by atoms with Crippen molar-refractivity contribution >= 4 is 34.1 Å². The van der Waals surface area contributed by atoms with E-state index in [-0.39, 0.29) is 12.3 Å². The topological polar surface area (TPSA) is 95.1 Å². The van der Waals surface area contributed by atoms with Gasteiger partial charge in [-0.2, -0.15) is 5.10 Å². The molecule has 22 heavy (non-hydrogen) atoms. The van der Waals surface area contributed by atoms with Crippen LogP contribution in [0.2, 0.25) is 0 Å². The second kappa shape index (κ2) is 5.98. The van der Waals surface area contributed by atoms with Gasteiger partial charge >= 0.3 is 5.97 Å². The third kappa shape index (κ3) is 2.84. The van der Waals surface area contributed by atoms with Crippen molar-refractivity contribution in [2.45, 2.75) is 12.5 Å². The highest BCUT2D eigenvalue weighted by atomic mass is 32.1. The van der Waals surface area contributed by atoms with Gasteiger partial charge in [-0.05, 0) is 17.5 Å². The van der Waals surface area contributed by atoms with Crippen LogP contribution < -0.4 is 5.32 Å². The fraction of sp³-hybridized carbons (Fsp3) is 0.133. The second-order valence-electron chi connectivity index (χ2n) is 4.78. The summed E-state index contributed by atoms with van der Waals surface area (Å²) in [6.45, 7) is 0. The molecular weight excluding hydrogens is 302 g/mol. The summed E-state index contributed by atoms with van der Waals surface area (Å²) in [5, 5.41) is 21.2. The molecule has 1 amide bonds. The highest BCUT2D eigenvalue weighted by molar-refractivity contribution is 7.10. The molecule has 0 saturated heterocycles. The summed E-state index contributed by atoms with van der Waals surface area (Å²) in [7, 11) is 0. The number of hydrogen-bond donors (Lipinski definition) is 3. The zero-order valence-corrected chi connectivity index (χ0v) is 12.3. The lowest BCUT2D eigenvalue weighted by molar-refractivity contribution is -0.137.